The largest absolute Gasteiger partial charge is 0.374 e. The van der Waals surface area contributed by atoms with Crippen molar-refractivity contribution >= 4 is 11.3 Å². The van der Waals surface area contributed by atoms with Gasteiger partial charge in [0, 0.05) is 17.5 Å². The maximum atomic E-state index is 5.90. The van der Waals surface area contributed by atoms with Gasteiger partial charge in [0.2, 0.25) is 0 Å². The second-order valence-electron chi connectivity index (χ2n) is 5.16. The first-order valence-electron chi connectivity index (χ1n) is 6.99. The summed E-state index contributed by atoms with van der Waals surface area (Å²) >= 11 is 1.84. The summed E-state index contributed by atoms with van der Waals surface area (Å²) in [5.41, 5.74) is -0.0961. The van der Waals surface area contributed by atoms with E-state index in [1.54, 1.807) is 0 Å². The number of nitrogens with one attached hydrogen (secondary N) is 1. The van der Waals surface area contributed by atoms with Gasteiger partial charge >= 0.3 is 0 Å². The van der Waals surface area contributed by atoms with Gasteiger partial charge in [-0.2, -0.15) is 0 Å². The highest BCUT2D eigenvalue weighted by Crippen LogP contribution is 2.21. The van der Waals surface area contributed by atoms with Crippen LogP contribution in [0.5, 0.6) is 0 Å². The normalized spacial score (nSPS) is 13.8. The van der Waals surface area contributed by atoms with E-state index in [-0.39, 0.29) is 5.60 Å². The Morgan fingerprint density at radius 2 is 2.17 bits per heavy atom. The molecule has 0 aromatic carbocycles. The minimum atomic E-state index is -0.0961. The molecule has 0 bridgehead atoms. The molecule has 1 N–H and O–H groups in total. The van der Waals surface area contributed by atoms with Gasteiger partial charge in [-0.1, -0.05) is 13.0 Å². The second-order valence-corrected chi connectivity index (χ2v) is 6.19. The molecule has 0 saturated carbocycles. The van der Waals surface area contributed by atoms with Gasteiger partial charge < -0.3 is 10.1 Å². The summed E-state index contributed by atoms with van der Waals surface area (Å²) in [5.74, 6) is 0. The molecule has 1 atom stereocenters. The Balaban J connectivity index is 2.54. The Hall–Kier alpha value is -0.380. The number of hydrogen-bond acceptors (Lipinski definition) is 3. The third-order valence-electron chi connectivity index (χ3n) is 3.26. The maximum absolute atomic E-state index is 5.90. The fourth-order valence-electron chi connectivity index (χ4n) is 2.23. The first-order valence-corrected chi connectivity index (χ1v) is 7.87. The molecule has 1 rings (SSSR count). The van der Waals surface area contributed by atoms with Crippen molar-refractivity contribution in [2.75, 3.05) is 13.2 Å². The first kappa shape index (κ1) is 15.7. The molecule has 104 valence electrons. The lowest BCUT2D eigenvalue weighted by Gasteiger charge is -2.35. The number of ether oxygens (including phenoxy) is 1. The molecule has 1 aromatic heterocycles. The first-order chi connectivity index (χ1) is 8.60. The summed E-state index contributed by atoms with van der Waals surface area (Å²) in [7, 11) is 0. The molecule has 0 radical (unpaired) electrons. The zero-order valence-corrected chi connectivity index (χ0v) is 13.0. The van der Waals surface area contributed by atoms with Crippen molar-refractivity contribution in [2.45, 2.75) is 58.6 Å². The van der Waals surface area contributed by atoms with Crippen LogP contribution < -0.4 is 5.32 Å². The van der Waals surface area contributed by atoms with Crippen LogP contribution in [0, 0.1) is 0 Å². The predicted octanol–water partition coefficient (Wildman–Crippen LogP) is 3.86. The molecule has 18 heavy (non-hydrogen) atoms. The van der Waals surface area contributed by atoms with E-state index in [4.69, 9.17) is 4.74 Å². The Labute approximate surface area is 116 Å². The zero-order chi connectivity index (χ0) is 13.4. The molecule has 0 saturated heterocycles. The zero-order valence-electron chi connectivity index (χ0n) is 12.2. The van der Waals surface area contributed by atoms with Crippen LogP contribution in [0.1, 0.15) is 45.4 Å². The van der Waals surface area contributed by atoms with Gasteiger partial charge in [-0.05, 0) is 58.0 Å². The summed E-state index contributed by atoms with van der Waals surface area (Å²) in [5, 5.41) is 5.79. The van der Waals surface area contributed by atoms with Crippen LogP contribution in [0.3, 0.4) is 0 Å². The maximum Gasteiger partial charge on any atom is 0.0778 e. The van der Waals surface area contributed by atoms with Gasteiger partial charge in [0.05, 0.1) is 5.60 Å². The third kappa shape index (κ3) is 5.09. The standard InChI is InChI=1S/C15H27NOS/c1-5-11-16-14(15(3,4)17-6-2)10-9-13-8-7-12-18-13/h7-8,12,14,16H,5-6,9-11H2,1-4H3. The number of thiophene rings is 1. The van der Waals surface area contributed by atoms with Crippen molar-refractivity contribution < 1.29 is 4.74 Å². The lowest BCUT2D eigenvalue weighted by atomic mass is 9.93. The smallest absolute Gasteiger partial charge is 0.0778 e. The molecule has 0 fully saturated rings. The van der Waals surface area contributed by atoms with E-state index >= 15 is 0 Å². The van der Waals surface area contributed by atoms with Crippen molar-refractivity contribution in [3.63, 3.8) is 0 Å². The van der Waals surface area contributed by atoms with E-state index < -0.39 is 0 Å². The highest BCUT2D eigenvalue weighted by atomic mass is 32.1. The van der Waals surface area contributed by atoms with E-state index in [0.717, 1.165) is 32.4 Å². The van der Waals surface area contributed by atoms with Crippen molar-refractivity contribution in [1.29, 1.82) is 0 Å². The fourth-order valence-corrected chi connectivity index (χ4v) is 2.95. The van der Waals surface area contributed by atoms with Gasteiger partial charge in [0.25, 0.3) is 0 Å². The van der Waals surface area contributed by atoms with E-state index in [0.29, 0.717) is 6.04 Å². The van der Waals surface area contributed by atoms with Crippen molar-refractivity contribution in [3.05, 3.63) is 22.4 Å². The molecule has 3 heteroatoms. The molecule has 0 aliphatic rings. The van der Waals surface area contributed by atoms with Crippen molar-refractivity contribution in [2.24, 2.45) is 0 Å². The van der Waals surface area contributed by atoms with Gasteiger partial charge in [-0.15, -0.1) is 11.3 Å². The summed E-state index contributed by atoms with van der Waals surface area (Å²) in [6.07, 6.45) is 3.43. The molecule has 1 aromatic rings. The second kappa shape index (κ2) is 7.93. The lowest BCUT2D eigenvalue weighted by molar-refractivity contribution is -0.0399. The highest BCUT2D eigenvalue weighted by molar-refractivity contribution is 7.09. The van der Waals surface area contributed by atoms with Gasteiger partial charge in [-0.25, -0.2) is 0 Å². The van der Waals surface area contributed by atoms with E-state index in [1.807, 2.05) is 11.3 Å². The number of aryl methyl sites for hydroxylation is 1. The molecule has 0 aliphatic heterocycles. The Morgan fingerprint density at radius 3 is 2.72 bits per heavy atom. The minimum Gasteiger partial charge on any atom is -0.374 e. The fraction of sp³-hybridized carbons (Fsp3) is 0.733. The summed E-state index contributed by atoms with van der Waals surface area (Å²) in [6.45, 7) is 10.5. The quantitative estimate of drug-likeness (QED) is 0.735. The number of rotatable bonds is 9. The van der Waals surface area contributed by atoms with Gasteiger partial charge in [0.15, 0.2) is 0 Å². The molecule has 0 amide bonds. The van der Waals surface area contributed by atoms with E-state index in [9.17, 15) is 0 Å². The van der Waals surface area contributed by atoms with Gasteiger partial charge in [-0.3, -0.25) is 0 Å². The van der Waals surface area contributed by atoms with Gasteiger partial charge in [0.1, 0.15) is 0 Å². The van der Waals surface area contributed by atoms with E-state index in [1.165, 1.54) is 4.88 Å². The van der Waals surface area contributed by atoms with Crippen molar-refractivity contribution in [1.82, 2.24) is 5.32 Å². The van der Waals surface area contributed by atoms with E-state index in [2.05, 4.69) is 50.5 Å². The monoisotopic (exact) mass is 269 g/mol. The van der Waals surface area contributed by atoms with Crippen LogP contribution in [0.25, 0.3) is 0 Å². The highest BCUT2D eigenvalue weighted by Gasteiger charge is 2.29. The molecular weight excluding hydrogens is 242 g/mol. The van der Waals surface area contributed by atoms with Crippen molar-refractivity contribution in [3.8, 4) is 0 Å². The topological polar surface area (TPSA) is 21.3 Å². The molecule has 1 unspecified atom stereocenters. The predicted molar refractivity (Wildman–Crippen MR) is 80.4 cm³/mol. The summed E-state index contributed by atoms with van der Waals surface area (Å²) in [6, 6.07) is 4.76. The molecular formula is C15H27NOS. The minimum absolute atomic E-state index is 0.0961. The van der Waals surface area contributed by atoms with Crippen LogP contribution in [0.2, 0.25) is 0 Å². The average Bonchev–Trinajstić information content (AvgIpc) is 2.81. The number of hydrogen-bond donors (Lipinski definition) is 1. The Kier molecular flexibility index (Phi) is 6.90. The van der Waals surface area contributed by atoms with Crippen LogP contribution in [-0.2, 0) is 11.2 Å². The molecule has 0 spiro atoms. The molecule has 0 aliphatic carbocycles. The van der Waals surface area contributed by atoms with Crippen LogP contribution in [0.15, 0.2) is 17.5 Å². The summed E-state index contributed by atoms with van der Waals surface area (Å²) in [4.78, 5) is 1.46. The SMILES string of the molecule is CCCNC(CCc1cccs1)C(C)(C)OCC. The Bertz CT molecular complexity index is 308. The summed E-state index contributed by atoms with van der Waals surface area (Å²) < 4.78 is 5.90. The van der Waals surface area contributed by atoms with Crippen LogP contribution in [0.4, 0.5) is 0 Å². The third-order valence-corrected chi connectivity index (χ3v) is 4.19. The van der Waals surface area contributed by atoms with Crippen LogP contribution in [-0.4, -0.2) is 24.8 Å². The average molecular weight is 269 g/mol. The van der Waals surface area contributed by atoms with Crippen LogP contribution >= 0.6 is 11.3 Å². The Morgan fingerprint density at radius 1 is 1.39 bits per heavy atom. The molecule has 2 nitrogen and oxygen atoms in total. The molecule has 1 heterocycles. The lowest BCUT2D eigenvalue weighted by Crippen LogP contribution is -2.49.